The summed E-state index contributed by atoms with van der Waals surface area (Å²) in [4.78, 5) is 25.1. The maximum Gasteiger partial charge on any atom is 0.267 e. The molecule has 2 amide bonds. The third-order valence-corrected chi connectivity index (χ3v) is 8.50. The number of amides is 2. The molecule has 178 valence electrons. The smallest absolute Gasteiger partial charge is 0.267 e. The highest BCUT2D eigenvalue weighted by Gasteiger charge is 2.32. The molecule has 7 nitrogen and oxygen atoms in total. The molecule has 0 bridgehead atoms. The Bertz CT molecular complexity index is 1300. The molecule has 3 aromatic rings. The van der Waals surface area contributed by atoms with Crippen LogP contribution >= 0.6 is 11.3 Å². The first-order valence-electron chi connectivity index (χ1n) is 11.1. The number of carbonyl (C=O) groups excluding carboxylic acids is 2. The van der Waals surface area contributed by atoms with E-state index in [-0.39, 0.29) is 28.1 Å². The van der Waals surface area contributed by atoms with Crippen molar-refractivity contribution in [3.8, 4) is 0 Å². The molecule has 34 heavy (non-hydrogen) atoms. The Morgan fingerprint density at radius 3 is 2.44 bits per heavy atom. The highest BCUT2D eigenvalue weighted by Crippen LogP contribution is 2.30. The van der Waals surface area contributed by atoms with Gasteiger partial charge in [-0.15, -0.1) is 11.3 Å². The number of sulfonamides is 1. The van der Waals surface area contributed by atoms with E-state index in [9.17, 15) is 18.0 Å². The van der Waals surface area contributed by atoms with Gasteiger partial charge in [0.1, 0.15) is 9.77 Å². The molecule has 2 heterocycles. The Morgan fingerprint density at radius 1 is 1.03 bits per heavy atom. The molecular weight excluding hydrogens is 470 g/mol. The molecule has 2 aromatic carbocycles. The summed E-state index contributed by atoms with van der Waals surface area (Å²) < 4.78 is 28.2. The van der Waals surface area contributed by atoms with Crippen LogP contribution < -0.4 is 10.6 Å². The molecular formula is C25H27N3O4S2. The molecule has 0 radical (unpaired) electrons. The second-order valence-corrected chi connectivity index (χ2v) is 11.3. The van der Waals surface area contributed by atoms with Crippen molar-refractivity contribution in [3.63, 3.8) is 0 Å². The summed E-state index contributed by atoms with van der Waals surface area (Å²) in [6, 6.07) is 16.3. The second kappa shape index (κ2) is 10.1. The van der Waals surface area contributed by atoms with Crippen LogP contribution in [-0.2, 0) is 34.2 Å². The van der Waals surface area contributed by atoms with Gasteiger partial charge in [-0.25, -0.2) is 8.42 Å². The molecule has 1 aromatic heterocycles. The molecule has 0 spiro atoms. The van der Waals surface area contributed by atoms with Crippen molar-refractivity contribution in [2.75, 3.05) is 11.9 Å². The van der Waals surface area contributed by atoms with Crippen LogP contribution in [-0.4, -0.2) is 37.1 Å². The van der Waals surface area contributed by atoms with Gasteiger partial charge in [0, 0.05) is 24.8 Å². The van der Waals surface area contributed by atoms with Crippen LogP contribution in [0.15, 0.2) is 64.9 Å². The Kier molecular flexibility index (Phi) is 7.16. The predicted octanol–water partition coefficient (Wildman–Crippen LogP) is 3.81. The van der Waals surface area contributed by atoms with Crippen molar-refractivity contribution >= 4 is 38.9 Å². The summed E-state index contributed by atoms with van der Waals surface area (Å²) in [7, 11) is -3.82. The highest BCUT2D eigenvalue weighted by atomic mass is 32.2. The first-order valence-corrected chi connectivity index (χ1v) is 13.4. The number of nitrogens with one attached hydrogen (secondary N) is 2. The zero-order valence-corrected chi connectivity index (χ0v) is 20.7. The van der Waals surface area contributed by atoms with Crippen LogP contribution in [0.1, 0.15) is 40.2 Å². The summed E-state index contributed by atoms with van der Waals surface area (Å²) in [5.41, 5.74) is 3.49. The lowest BCUT2D eigenvalue weighted by Crippen LogP contribution is -2.36. The standard InChI is InChI=1S/C25H27N3O4S2/c1-17(2)26-23(29)15-18-7-9-21(10-8-18)27-25(30)24-22(12-14-33-24)34(31,32)28-13-11-19-5-3-4-6-20(19)16-28/h3-10,12,14,17H,11,13,15-16H2,1-2H3,(H,26,29)(H,27,30). The van der Waals surface area contributed by atoms with E-state index in [0.29, 0.717) is 25.2 Å². The molecule has 0 saturated heterocycles. The molecule has 0 fully saturated rings. The molecule has 0 aliphatic carbocycles. The number of carbonyl (C=O) groups is 2. The first kappa shape index (κ1) is 24.1. The predicted molar refractivity (Wildman–Crippen MR) is 133 cm³/mol. The first-order chi connectivity index (χ1) is 16.2. The van der Waals surface area contributed by atoms with Gasteiger partial charge in [0.2, 0.25) is 15.9 Å². The molecule has 9 heteroatoms. The molecule has 0 unspecified atom stereocenters. The number of hydrogen-bond acceptors (Lipinski definition) is 5. The van der Waals surface area contributed by atoms with E-state index < -0.39 is 15.9 Å². The van der Waals surface area contributed by atoms with Gasteiger partial charge in [-0.3, -0.25) is 9.59 Å². The quantitative estimate of drug-likeness (QED) is 0.519. The fourth-order valence-corrected chi connectivity index (χ4v) is 6.65. The monoisotopic (exact) mass is 497 g/mol. The maximum absolute atomic E-state index is 13.4. The average Bonchev–Trinajstić information content (AvgIpc) is 3.31. The van der Waals surface area contributed by atoms with E-state index in [2.05, 4.69) is 10.6 Å². The lowest BCUT2D eigenvalue weighted by molar-refractivity contribution is -0.120. The average molecular weight is 498 g/mol. The zero-order chi connectivity index (χ0) is 24.3. The summed E-state index contributed by atoms with van der Waals surface area (Å²) in [5, 5.41) is 7.24. The van der Waals surface area contributed by atoms with Crippen molar-refractivity contribution in [3.05, 3.63) is 81.5 Å². The van der Waals surface area contributed by atoms with Gasteiger partial charge >= 0.3 is 0 Å². The van der Waals surface area contributed by atoms with Crippen molar-refractivity contribution in [2.24, 2.45) is 0 Å². The SMILES string of the molecule is CC(C)NC(=O)Cc1ccc(NC(=O)c2sccc2S(=O)(=O)N2CCc3ccccc3C2)cc1. The van der Waals surface area contributed by atoms with Crippen LogP contribution in [0.2, 0.25) is 0 Å². The van der Waals surface area contributed by atoms with E-state index in [4.69, 9.17) is 0 Å². The molecule has 1 aliphatic heterocycles. The van der Waals surface area contributed by atoms with E-state index in [1.807, 2.05) is 38.1 Å². The summed E-state index contributed by atoms with van der Waals surface area (Å²) in [6.45, 7) is 4.48. The van der Waals surface area contributed by atoms with E-state index in [0.717, 1.165) is 28.0 Å². The summed E-state index contributed by atoms with van der Waals surface area (Å²) in [5.74, 6) is -0.545. The number of fused-ring (bicyclic) bond motifs is 1. The summed E-state index contributed by atoms with van der Waals surface area (Å²) in [6.07, 6.45) is 0.890. The fourth-order valence-electron chi connectivity index (χ4n) is 3.93. The van der Waals surface area contributed by atoms with Crippen LogP contribution in [0.5, 0.6) is 0 Å². The molecule has 4 rings (SSSR count). The van der Waals surface area contributed by atoms with Gasteiger partial charge in [-0.1, -0.05) is 36.4 Å². The lowest BCUT2D eigenvalue weighted by atomic mass is 10.0. The van der Waals surface area contributed by atoms with Gasteiger partial charge in [-0.2, -0.15) is 4.31 Å². The number of thiophene rings is 1. The normalized spacial score (nSPS) is 14.0. The minimum absolute atomic E-state index is 0.0244. The Balaban J connectivity index is 1.46. The molecule has 2 N–H and O–H groups in total. The minimum Gasteiger partial charge on any atom is -0.354 e. The van der Waals surface area contributed by atoms with Crippen LogP contribution in [0.3, 0.4) is 0 Å². The third-order valence-electron chi connectivity index (χ3n) is 5.57. The van der Waals surface area contributed by atoms with Crippen molar-refractivity contribution in [1.29, 1.82) is 0 Å². The molecule has 0 atom stereocenters. The number of rotatable bonds is 7. The zero-order valence-electron chi connectivity index (χ0n) is 19.1. The number of nitrogens with zero attached hydrogens (tertiary/aromatic N) is 1. The van der Waals surface area contributed by atoms with E-state index in [1.165, 1.54) is 10.4 Å². The topological polar surface area (TPSA) is 95.6 Å². The van der Waals surface area contributed by atoms with Gasteiger partial charge in [0.05, 0.1) is 6.42 Å². The number of hydrogen-bond donors (Lipinski definition) is 2. The number of benzene rings is 2. The molecule has 1 aliphatic rings. The van der Waals surface area contributed by atoms with Gasteiger partial charge in [-0.05, 0) is 60.5 Å². The van der Waals surface area contributed by atoms with Crippen LogP contribution in [0, 0.1) is 0 Å². The van der Waals surface area contributed by atoms with E-state index in [1.54, 1.807) is 29.6 Å². The second-order valence-electron chi connectivity index (χ2n) is 8.52. The Morgan fingerprint density at radius 2 is 1.74 bits per heavy atom. The number of anilines is 1. The van der Waals surface area contributed by atoms with Gasteiger partial charge < -0.3 is 10.6 Å². The van der Waals surface area contributed by atoms with Crippen LogP contribution in [0.4, 0.5) is 5.69 Å². The van der Waals surface area contributed by atoms with Gasteiger partial charge in [0.15, 0.2) is 0 Å². The highest BCUT2D eigenvalue weighted by molar-refractivity contribution is 7.89. The fraction of sp³-hybridized carbons (Fsp3) is 0.280. The third kappa shape index (κ3) is 5.38. The Hall–Kier alpha value is -3.01. The maximum atomic E-state index is 13.4. The summed E-state index contributed by atoms with van der Waals surface area (Å²) >= 11 is 1.10. The molecule has 0 saturated carbocycles. The van der Waals surface area contributed by atoms with Crippen molar-refractivity contribution in [2.45, 2.75) is 44.2 Å². The van der Waals surface area contributed by atoms with E-state index >= 15 is 0 Å². The van der Waals surface area contributed by atoms with Crippen molar-refractivity contribution < 1.29 is 18.0 Å². The minimum atomic E-state index is -3.82. The van der Waals surface area contributed by atoms with Crippen LogP contribution in [0.25, 0.3) is 0 Å². The lowest BCUT2D eigenvalue weighted by Gasteiger charge is -2.28. The largest absolute Gasteiger partial charge is 0.354 e. The Labute approximate surface area is 203 Å². The van der Waals surface area contributed by atoms with Crippen molar-refractivity contribution in [1.82, 2.24) is 9.62 Å². The van der Waals surface area contributed by atoms with Gasteiger partial charge in [0.25, 0.3) is 5.91 Å².